The van der Waals surface area contributed by atoms with E-state index < -0.39 is 40.4 Å². The Balaban J connectivity index is 1.77. The fourth-order valence-electron chi connectivity index (χ4n) is 3.05. The third-order valence-electron chi connectivity index (χ3n) is 4.37. The van der Waals surface area contributed by atoms with E-state index in [-0.39, 0.29) is 5.82 Å². The van der Waals surface area contributed by atoms with Gasteiger partial charge in [-0.1, -0.05) is 18.2 Å². The molecule has 6 nitrogen and oxygen atoms in total. The molecular formula is C21H13F3N2O4. The van der Waals surface area contributed by atoms with E-state index >= 15 is 0 Å². The number of aromatic nitrogens is 2. The molecule has 3 N–H and O–H groups in total. The first kappa shape index (κ1) is 19.3. The maximum absolute atomic E-state index is 13.3. The number of hydrogen-bond donors (Lipinski definition) is 3. The molecule has 0 saturated heterocycles. The zero-order valence-corrected chi connectivity index (χ0v) is 15.1. The summed E-state index contributed by atoms with van der Waals surface area (Å²) in [5, 5.41) is 19.4. The smallest absolute Gasteiger partial charge is 0.417 e. The number of aromatic hydroxyl groups is 1. The minimum atomic E-state index is -4.85. The van der Waals surface area contributed by atoms with E-state index in [9.17, 15) is 28.2 Å². The van der Waals surface area contributed by atoms with Crippen LogP contribution < -0.4 is 4.74 Å². The van der Waals surface area contributed by atoms with Crippen LogP contribution in [-0.4, -0.2) is 26.2 Å². The molecule has 2 aromatic carbocycles. The van der Waals surface area contributed by atoms with Gasteiger partial charge in [0, 0.05) is 11.1 Å². The summed E-state index contributed by atoms with van der Waals surface area (Å²) in [5.41, 5.74) is -2.73. The van der Waals surface area contributed by atoms with Crippen molar-refractivity contribution >= 4 is 5.97 Å². The van der Waals surface area contributed by atoms with E-state index in [0.717, 1.165) is 0 Å². The molecule has 0 aromatic heterocycles. The molecule has 9 heteroatoms. The summed E-state index contributed by atoms with van der Waals surface area (Å²) >= 11 is 0. The zero-order chi connectivity index (χ0) is 21.5. The number of hydrogen-bond acceptors (Lipinski definition) is 4. The van der Waals surface area contributed by atoms with Crippen LogP contribution in [0.25, 0.3) is 22.6 Å². The Kier molecular flexibility index (Phi) is 4.57. The highest BCUT2D eigenvalue weighted by Gasteiger charge is 2.40. The summed E-state index contributed by atoms with van der Waals surface area (Å²) in [4.78, 5) is 18.1. The number of H-pyrrole nitrogens is 1. The van der Waals surface area contributed by atoms with Gasteiger partial charge in [-0.2, -0.15) is 13.2 Å². The van der Waals surface area contributed by atoms with Gasteiger partial charge in [0.15, 0.2) is 0 Å². The Morgan fingerprint density at radius 3 is 2.23 bits per heavy atom. The number of carbonyl (C=O) groups is 1. The molecule has 0 fully saturated rings. The van der Waals surface area contributed by atoms with Crippen LogP contribution in [0.2, 0.25) is 0 Å². The SMILES string of the molecule is O=C(O)c1[nH]c(-c2ccc(Oc3ccccc3)cc2)nc2c(O)cc(C(F)(F)F)c1-2. The third kappa shape index (κ3) is 3.52. The van der Waals surface area contributed by atoms with Crippen LogP contribution >= 0.6 is 0 Å². The molecule has 0 bridgehead atoms. The number of nitrogens with zero attached hydrogens (tertiary/aromatic N) is 1. The maximum Gasteiger partial charge on any atom is 0.417 e. The van der Waals surface area contributed by atoms with Gasteiger partial charge < -0.3 is 19.9 Å². The average molecular weight is 414 g/mol. The van der Waals surface area contributed by atoms with E-state index in [4.69, 9.17) is 4.74 Å². The topological polar surface area (TPSA) is 95.4 Å². The lowest BCUT2D eigenvalue weighted by atomic mass is 10.1. The molecule has 0 spiro atoms. The predicted molar refractivity (Wildman–Crippen MR) is 101 cm³/mol. The lowest BCUT2D eigenvalue weighted by Gasteiger charge is -2.13. The van der Waals surface area contributed by atoms with Crippen LogP contribution in [-0.2, 0) is 6.18 Å². The Morgan fingerprint density at radius 1 is 1.00 bits per heavy atom. The van der Waals surface area contributed by atoms with Crippen molar-refractivity contribution in [3.63, 3.8) is 0 Å². The fraction of sp³-hybridized carbons (Fsp3) is 0.0476. The second kappa shape index (κ2) is 7.11. The van der Waals surface area contributed by atoms with Gasteiger partial charge in [0.25, 0.3) is 0 Å². The van der Waals surface area contributed by atoms with Crippen LogP contribution in [0.1, 0.15) is 16.1 Å². The molecule has 2 aliphatic rings. The molecule has 152 valence electrons. The number of para-hydroxylation sites is 1. The molecule has 0 amide bonds. The molecule has 1 aliphatic carbocycles. The quantitative estimate of drug-likeness (QED) is 0.416. The Morgan fingerprint density at radius 2 is 1.63 bits per heavy atom. The summed E-state index contributed by atoms with van der Waals surface area (Å²) < 4.78 is 45.5. The first-order chi connectivity index (χ1) is 14.2. The molecule has 0 unspecified atom stereocenters. The number of ether oxygens (including phenoxy) is 1. The maximum atomic E-state index is 13.3. The molecule has 4 rings (SSSR count). The number of benzene rings is 2. The lowest BCUT2D eigenvalue weighted by molar-refractivity contribution is -0.136. The van der Waals surface area contributed by atoms with Crippen molar-refractivity contribution in [1.82, 2.24) is 9.97 Å². The van der Waals surface area contributed by atoms with Gasteiger partial charge in [-0.3, -0.25) is 0 Å². The van der Waals surface area contributed by atoms with E-state index in [1.165, 1.54) is 0 Å². The average Bonchev–Trinajstić information content (AvgIpc) is 3.06. The van der Waals surface area contributed by atoms with Crippen LogP contribution in [0.5, 0.6) is 17.2 Å². The number of halogens is 3. The number of carboxylic acids is 1. The van der Waals surface area contributed by atoms with Crippen molar-refractivity contribution in [2.45, 2.75) is 6.18 Å². The normalized spacial score (nSPS) is 11.6. The fourth-order valence-corrected chi connectivity index (χ4v) is 3.05. The van der Waals surface area contributed by atoms with Crippen LogP contribution in [0, 0.1) is 0 Å². The van der Waals surface area contributed by atoms with Gasteiger partial charge >= 0.3 is 12.1 Å². The largest absolute Gasteiger partial charge is 0.506 e. The highest BCUT2D eigenvalue weighted by molar-refractivity contribution is 5.97. The summed E-state index contributed by atoms with van der Waals surface area (Å²) in [5.74, 6) is -1.26. The van der Waals surface area contributed by atoms with Crippen LogP contribution in [0.3, 0.4) is 0 Å². The summed E-state index contributed by atoms with van der Waals surface area (Å²) in [6.45, 7) is 0. The number of carboxylic acid groups (broad SMARTS) is 1. The second-order valence-corrected chi connectivity index (χ2v) is 6.37. The van der Waals surface area contributed by atoms with Gasteiger partial charge in [0.2, 0.25) is 0 Å². The minimum Gasteiger partial charge on any atom is -0.506 e. The molecule has 30 heavy (non-hydrogen) atoms. The monoisotopic (exact) mass is 414 g/mol. The number of rotatable bonds is 4. The summed E-state index contributed by atoms with van der Waals surface area (Å²) in [6, 6.07) is 15.8. The number of aromatic carboxylic acids is 1. The number of nitrogens with one attached hydrogen (secondary N) is 1. The van der Waals surface area contributed by atoms with Crippen molar-refractivity contribution in [2.24, 2.45) is 0 Å². The lowest BCUT2D eigenvalue weighted by Crippen LogP contribution is -2.12. The highest BCUT2D eigenvalue weighted by Crippen LogP contribution is 2.46. The Labute approximate surface area is 167 Å². The first-order valence-electron chi connectivity index (χ1n) is 8.63. The van der Waals surface area contributed by atoms with Crippen LogP contribution in [0.15, 0.2) is 60.7 Å². The number of fused-ring (bicyclic) bond motifs is 1. The van der Waals surface area contributed by atoms with Gasteiger partial charge in [-0.25, -0.2) is 9.78 Å². The zero-order valence-electron chi connectivity index (χ0n) is 15.1. The molecular weight excluding hydrogens is 401 g/mol. The van der Waals surface area contributed by atoms with E-state index in [1.54, 1.807) is 36.4 Å². The molecule has 0 radical (unpaired) electrons. The van der Waals surface area contributed by atoms with Gasteiger partial charge in [0.05, 0.1) is 5.56 Å². The summed E-state index contributed by atoms with van der Waals surface area (Å²) in [6.07, 6.45) is -4.85. The van der Waals surface area contributed by atoms with Gasteiger partial charge in [-0.05, 0) is 42.5 Å². The second-order valence-electron chi connectivity index (χ2n) is 6.37. The third-order valence-corrected chi connectivity index (χ3v) is 4.37. The highest BCUT2D eigenvalue weighted by atomic mass is 19.4. The summed E-state index contributed by atoms with van der Waals surface area (Å²) in [7, 11) is 0. The predicted octanol–water partition coefficient (Wildman–Crippen LogP) is 5.40. The van der Waals surface area contributed by atoms with E-state index in [0.29, 0.717) is 23.1 Å². The standard InChI is InChI=1S/C21H13F3N2O4/c22-21(23,24)14-10-15(27)17-16(14)18(20(28)29)26-19(25-17)11-6-8-13(9-7-11)30-12-4-2-1-3-5-12/h1-10,27H,(H,25,26)(H,28,29). The Hall–Kier alpha value is -4.01. The van der Waals surface area contributed by atoms with Gasteiger partial charge in [-0.15, -0.1) is 0 Å². The first-order valence-corrected chi connectivity index (χ1v) is 8.63. The molecule has 2 aromatic rings. The van der Waals surface area contributed by atoms with Crippen molar-refractivity contribution in [3.8, 4) is 39.9 Å². The number of alkyl halides is 3. The van der Waals surface area contributed by atoms with Gasteiger partial charge in [0.1, 0.15) is 34.5 Å². The number of aromatic amines is 1. The van der Waals surface area contributed by atoms with E-state index in [2.05, 4.69) is 9.97 Å². The van der Waals surface area contributed by atoms with Crippen molar-refractivity contribution in [3.05, 3.63) is 71.9 Å². The van der Waals surface area contributed by atoms with Crippen molar-refractivity contribution in [1.29, 1.82) is 0 Å². The van der Waals surface area contributed by atoms with Crippen LogP contribution in [0.4, 0.5) is 13.2 Å². The minimum absolute atomic E-state index is 0.0132. The Bertz CT molecular complexity index is 1190. The molecule has 1 heterocycles. The molecule has 1 aliphatic heterocycles. The van der Waals surface area contributed by atoms with E-state index in [1.807, 2.05) is 18.2 Å². The van der Waals surface area contributed by atoms with Crippen molar-refractivity contribution < 1.29 is 32.9 Å². The molecule has 0 saturated carbocycles. The van der Waals surface area contributed by atoms with Crippen molar-refractivity contribution in [2.75, 3.05) is 0 Å². The molecule has 0 atom stereocenters.